The summed E-state index contributed by atoms with van der Waals surface area (Å²) < 4.78 is 0. The first-order chi connectivity index (χ1) is 9.49. The van der Waals surface area contributed by atoms with Crippen LogP contribution in [0.4, 0.5) is 5.69 Å². The Bertz CT molecular complexity index is 534. The minimum atomic E-state index is -0.971. The van der Waals surface area contributed by atoms with Crippen LogP contribution in [0, 0.1) is 19.8 Å². The molecule has 0 unspecified atom stereocenters. The Morgan fingerprint density at radius 3 is 2.70 bits per heavy atom. The van der Waals surface area contributed by atoms with E-state index in [0.29, 0.717) is 12.2 Å². The van der Waals surface area contributed by atoms with Gasteiger partial charge in [0.1, 0.15) is 0 Å². The van der Waals surface area contributed by atoms with Crippen LogP contribution in [0.2, 0.25) is 0 Å². The first-order valence-corrected chi connectivity index (χ1v) is 6.85. The number of rotatable bonds is 3. The second-order valence-electron chi connectivity index (χ2n) is 5.30. The number of hydrogen-bond acceptors (Lipinski definition) is 3. The minimum Gasteiger partial charge on any atom is -0.478 e. The molecule has 1 aromatic carbocycles. The molecule has 108 valence electrons. The van der Waals surface area contributed by atoms with Gasteiger partial charge in [0.15, 0.2) is 0 Å². The lowest BCUT2D eigenvalue weighted by Crippen LogP contribution is -2.37. The number of aromatic carboxylic acids is 1. The Balaban J connectivity index is 2.16. The Labute approximate surface area is 118 Å². The third-order valence-corrected chi connectivity index (χ3v) is 3.83. The van der Waals surface area contributed by atoms with Gasteiger partial charge in [-0.2, -0.15) is 0 Å². The van der Waals surface area contributed by atoms with Crippen LogP contribution in [-0.4, -0.2) is 30.1 Å². The molecule has 1 fully saturated rings. The fourth-order valence-corrected chi connectivity index (χ4v) is 2.47. The molecule has 0 aliphatic carbocycles. The van der Waals surface area contributed by atoms with Crippen molar-refractivity contribution < 1.29 is 14.7 Å². The normalized spacial score (nSPS) is 18.6. The van der Waals surface area contributed by atoms with Gasteiger partial charge in [-0.3, -0.25) is 4.79 Å². The highest BCUT2D eigenvalue weighted by molar-refractivity contribution is 5.96. The first-order valence-electron chi connectivity index (χ1n) is 6.85. The van der Waals surface area contributed by atoms with Gasteiger partial charge >= 0.3 is 5.97 Å². The molecule has 3 N–H and O–H groups in total. The number of anilines is 1. The minimum absolute atomic E-state index is 0.0429. The fraction of sp³-hybridized carbons (Fsp3) is 0.467. The van der Waals surface area contributed by atoms with Gasteiger partial charge in [-0.05, 0) is 56.5 Å². The third kappa shape index (κ3) is 3.17. The monoisotopic (exact) mass is 276 g/mol. The lowest BCUT2D eigenvalue weighted by molar-refractivity contribution is -0.120. The van der Waals surface area contributed by atoms with E-state index in [9.17, 15) is 14.7 Å². The van der Waals surface area contributed by atoms with E-state index in [0.717, 1.165) is 30.5 Å². The molecular weight excluding hydrogens is 256 g/mol. The first kappa shape index (κ1) is 14.5. The van der Waals surface area contributed by atoms with Crippen molar-refractivity contribution >= 4 is 17.6 Å². The van der Waals surface area contributed by atoms with Crippen molar-refractivity contribution in [2.45, 2.75) is 26.7 Å². The van der Waals surface area contributed by atoms with Gasteiger partial charge in [-0.15, -0.1) is 0 Å². The molecule has 0 radical (unpaired) electrons. The molecule has 20 heavy (non-hydrogen) atoms. The van der Waals surface area contributed by atoms with Crippen LogP contribution in [0.15, 0.2) is 12.1 Å². The van der Waals surface area contributed by atoms with Gasteiger partial charge in [0.25, 0.3) is 0 Å². The lowest BCUT2D eigenvalue weighted by atomic mass is 9.98. The average Bonchev–Trinajstić information content (AvgIpc) is 2.43. The summed E-state index contributed by atoms with van der Waals surface area (Å²) >= 11 is 0. The number of hydrogen-bond donors (Lipinski definition) is 3. The van der Waals surface area contributed by atoms with Crippen molar-refractivity contribution in [1.29, 1.82) is 0 Å². The second-order valence-corrected chi connectivity index (χ2v) is 5.30. The fourth-order valence-electron chi connectivity index (χ4n) is 2.47. The largest absolute Gasteiger partial charge is 0.478 e. The van der Waals surface area contributed by atoms with Crippen LogP contribution in [0.1, 0.15) is 34.3 Å². The molecule has 1 amide bonds. The maximum Gasteiger partial charge on any atom is 0.336 e. The lowest BCUT2D eigenvalue weighted by Gasteiger charge is -2.22. The Kier molecular flexibility index (Phi) is 4.39. The van der Waals surface area contributed by atoms with Crippen molar-refractivity contribution in [3.05, 3.63) is 28.8 Å². The molecule has 5 nitrogen and oxygen atoms in total. The summed E-state index contributed by atoms with van der Waals surface area (Å²) in [7, 11) is 0. The standard InChI is InChI=1S/C15H20N2O3/c1-9-6-12(7-13(10(9)2)15(19)20)17-14(18)11-4-3-5-16-8-11/h6-7,11,16H,3-5,8H2,1-2H3,(H,17,18)(H,19,20)/t11-/m1/s1. The highest BCUT2D eigenvalue weighted by Gasteiger charge is 2.21. The number of carboxylic acid groups (broad SMARTS) is 1. The van der Waals surface area contributed by atoms with E-state index in [1.165, 1.54) is 6.07 Å². The van der Waals surface area contributed by atoms with Gasteiger partial charge in [0.05, 0.1) is 11.5 Å². The van der Waals surface area contributed by atoms with E-state index in [1.807, 2.05) is 13.0 Å². The van der Waals surface area contributed by atoms with Gasteiger partial charge in [0, 0.05) is 12.2 Å². The molecule has 1 aliphatic heterocycles. The van der Waals surface area contributed by atoms with Crippen LogP contribution in [0.25, 0.3) is 0 Å². The highest BCUT2D eigenvalue weighted by atomic mass is 16.4. The predicted molar refractivity (Wildman–Crippen MR) is 77.1 cm³/mol. The maximum atomic E-state index is 12.1. The summed E-state index contributed by atoms with van der Waals surface area (Å²) in [5, 5.41) is 15.2. The molecule has 1 heterocycles. The number of piperidine rings is 1. The Morgan fingerprint density at radius 1 is 1.35 bits per heavy atom. The molecule has 0 aromatic heterocycles. The number of nitrogens with one attached hydrogen (secondary N) is 2. The Morgan fingerprint density at radius 2 is 2.10 bits per heavy atom. The van der Waals surface area contributed by atoms with Gasteiger partial charge < -0.3 is 15.7 Å². The number of carbonyl (C=O) groups is 2. The van der Waals surface area contributed by atoms with Crippen molar-refractivity contribution in [2.24, 2.45) is 5.92 Å². The molecular formula is C15H20N2O3. The van der Waals surface area contributed by atoms with Crippen LogP contribution < -0.4 is 10.6 Å². The number of carbonyl (C=O) groups excluding carboxylic acids is 1. The Hall–Kier alpha value is -1.88. The van der Waals surface area contributed by atoms with E-state index in [2.05, 4.69) is 10.6 Å². The van der Waals surface area contributed by atoms with Gasteiger partial charge in [-0.25, -0.2) is 4.79 Å². The SMILES string of the molecule is Cc1cc(NC(=O)[C@@H]2CCCNC2)cc(C(=O)O)c1C. The molecule has 0 spiro atoms. The van der Waals surface area contributed by atoms with Crippen LogP contribution >= 0.6 is 0 Å². The van der Waals surface area contributed by atoms with Gasteiger partial charge in [-0.1, -0.05) is 0 Å². The quantitative estimate of drug-likeness (QED) is 0.788. The van der Waals surface area contributed by atoms with Gasteiger partial charge in [0.2, 0.25) is 5.91 Å². The van der Waals surface area contributed by atoms with E-state index in [-0.39, 0.29) is 17.4 Å². The zero-order valence-corrected chi connectivity index (χ0v) is 11.8. The molecule has 5 heteroatoms. The highest BCUT2D eigenvalue weighted by Crippen LogP contribution is 2.21. The summed E-state index contributed by atoms with van der Waals surface area (Å²) in [5.74, 6) is -1.06. The van der Waals surface area contributed by atoms with Crippen LogP contribution in [0.5, 0.6) is 0 Å². The number of amides is 1. The maximum absolute atomic E-state index is 12.1. The summed E-state index contributed by atoms with van der Waals surface area (Å²) in [6.45, 7) is 5.26. The smallest absolute Gasteiger partial charge is 0.336 e. The third-order valence-electron chi connectivity index (χ3n) is 3.83. The summed E-state index contributed by atoms with van der Waals surface area (Å²) in [5.41, 5.74) is 2.39. The predicted octanol–water partition coefficient (Wildman–Crippen LogP) is 1.94. The zero-order chi connectivity index (χ0) is 14.7. The molecule has 0 saturated carbocycles. The summed E-state index contributed by atoms with van der Waals surface area (Å²) in [4.78, 5) is 23.3. The molecule has 0 bridgehead atoms. The average molecular weight is 276 g/mol. The van der Waals surface area contributed by atoms with Crippen LogP contribution in [-0.2, 0) is 4.79 Å². The topological polar surface area (TPSA) is 78.4 Å². The molecule has 1 aromatic rings. The number of aryl methyl sites for hydroxylation is 1. The second kappa shape index (κ2) is 6.05. The zero-order valence-electron chi connectivity index (χ0n) is 11.8. The van der Waals surface area contributed by atoms with E-state index >= 15 is 0 Å². The molecule has 1 aliphatic rings. The molecule has 1 saturated heterocycles. The van der Waals surface area contributed by atoms with E-state index < -0.39 is 5.97 Å². The van der Waals surface area contributed by atoms with E-state index in [1.54, 1.807) is 6.92 Å². The molecule has 1 atom stereocenters. The van der Waals surface area contributed by atoms with Crippen molar-refractivity contribution in [3.8, 4) is 0 Å². The summed E-state index contributed by atoms with van der Waals surface area (Å²) in [6.07, 6.45) is 1.86. The van der Waals surface area contributed by atoms with Crippen LogP contribution in [0.3, 0.4) is 0 Å². The van der Waals surface area contributed by atoms with E-state index in [4.69, 9.17) is 0 Å². The number of carboxylic acids is 1. The van der Waals surface area contributed by atoms with Crippen molar-refractivity contribution in [3.63, 3.8) is 0 Å². The summed E-state index contributed by atoms with van der Waals surface area (Å²) in [6, 6.07) is 3.34. The number of benzene rings is 1. The van der Waals surface area contributed by atoms with Crippen molar-refractivity contribution in [1.82, 2.24) is 5.32 Å². The van der Waals surface area contributed by atoms with Crippen molar-refractivity contribution in [2.75, 3.05) is 18.4 Å². The molecule has 2 rings (SSSR count).